The highest BCUT2D eigenvalue weighted by molar-refractivity contribution is 6.03. The van der Waals surface area contributed by atoms with Gasteiger partial charge in [-0.15, -0.1) is 0 Å². The number of hydrogen-bond donors (Lipinski definition) is 1. The van der Waals surface area contributed by atoms with E-state index in [4.69, 9.17) is 9.84 Å². The Morgan fingerprint density at radius 1 is 1.11 bits per heavy atom. The summed E-state index contributed by atoms with van der Waals surface area (Å²) in [5.74, 6) is -0.312. The van der Waals surface area contributed by atoms with Crippen LogP contribution in [0.1, 0.15) is 42.9 Å². The molecule has 1 heterocycles. The van der Waals surface area contributed by atoms with Crippen molar-refractivity contribution in [3.63, 3.8) is 0 Å². The van der Waals surface area contributed by atoms with E-state index in [-0.39, 0.29) is 24.8 Å². The molecule has 0 bridgehead atoms. The van der Waals surface area contributed by atoms with Gasteiger partial charge in [0.15, 0.2) is 0 Å². The number of amides is 1. The fourth-order valence-corrected chi connectivity index (χ4v) is 3.14. The zero-order valence-electron chi connectivity index (χ0n) is 15.2. The predicted molar refractivity (Wildman–Crippen MR) is 102 cm³/mol. The van der Waals surface area contributed by atoms with Crippen molar-refractivity contribution >= 4 is 17.6 Å². The standard InChI is InChI=1S/C21H22N2O4/c1-27-17-12-10-16(11-13-17)19-14-18(15-6-3-2-4-7-15)22-23(19)20(24)8-5-9-21(25)26/h2-4,6-7,10-13,19H,5,8-9,14H2,1H3,(H,25,26)/t19-/m1/s1. The summed E-state index contributed by atoms with van der Waals surface area (Å²) in [5.41, 5.74) is 2.80. The summed E-state index contributed by atoms with van der Waals surface area (Å²) < 4.78 is 5.21. The van der Waals surface area contributed by atoms with E-state index < -0.39 is 5.97 Å². The monoisotopic (exact) mass is 366 g/mol. The first-order valence-corrected chi connectivity index (χ1v) is 8.89. The van der Waals surface area contributed by atoms with Gasteiger partial charge < -0.3 is 9.84 Å². The lowest BCUT2D eigenvalue weighted by molar-refractivity contribution is -0.137. The molecule has 1 aliphatic rings. The van der Waals surface area contributed by atoms with Crippen LogP contribution >= 0.6 is 0 Å². The molecule has 6 nitrogen and oxygen atoms in total. The van der Waals surface area contributed by atoms with Gasteiger partial charge in [-0.25, -0.2) is 5.01 Å². The number of carboxylic acid groups (broad SMARTS) is 1. The second kappa shape index (κ2) is 8.49. The maximum atomic E-state index is 12.7. The number of hydrazone groups is 1. The predicted octanol–water partition coefficient (Wildman–Crippen LogP) is 3.63. The van der Waals surface area contributed by atoms with Crippen molar-refractivity contribution in [2.75, 3.05) is 7.11 Å². The van der Waals surface area contributed by atoms with E-state index in [9.17, 15) is 9.59 Å². The molecule has 27 heavy (non-hydrogen) atoms. The molecule has 0 saturated carbocycles. The first-order valence-electron chi connectivity index (χ1n) is 8.89. The molecule has 2 aromatic carbocycles. The van der Waals surface area contributed by atoms with Crippen LogP contribution in [0.5, 0.6) is 5.75 Å². The third kappa shape index (κ3) is 4.53. The molecule has 1 amide bonds. The molecule has 6 heteroatoms. The minimum absolute atomic E-state index is 0.0258. The molecule has 2 aromatic rings. The Hall–Kier alpha value is -3.15. The van der Waals surface area contributed by atoms with Gasteiger partial charge in [-0.1, -0.05) is 42.5 Å². The molecule has 0 aliphatic carbocycles. The number of carbonyl (C=O) groups is 2. The fraction of sp³-hybridized carbons (Fsp3) is 0.286. The van der Waals surface area contributed by atoms with E-state index in [0.717, 1.165) is 22.6 Å². The first-order chi connectivity index (χ1) is 13.1. The average Bonchev–Trinajstić information content (AvgIpc) is 3.14. The number of nitrogens with zero attached hydrogens (tertiary/aromatic N) is 2. The Balaban J connectivity index is 1.83. The molecule has 140 valence electrons. The molecule has 1 N–H and O–H groups in total. The van der Waals surface area contributed by atoms with Crippen molar-refractivity contribution in [3.05, 3.63) is 65.7 Å². The molecular formula is C21H22N2O4. The highest BCUT2D eigenvalue weighted by atomic mass is 16.5. The van der Waals surface area contributed by atoms with Gasteiger partial charge in [0, 0.05) is 19.3 Å². The first kappa shape index (κ1) is 18.6. The molecule has 1 aliphatic heterocycles. The van der Waals surface area contributed by atoms with Crippen molar-refractivity contribution in [2.24, 2.45) is 5.10 Å². The van der Waals surface area contributed by atoms with Crippen molar-refractivity contribution in [3.8, 4) is 5.75 Å². The fourth-order valence-electron chi connectivity index (χ4n) is 3.14. The van der Waals surface area contributed by atoms with Crippen LogP contribution in [0.4, 0.5) is 0 Å². The van der Waals surface area contributed by atoms with Crippen LogP contribution in [0, 0.1) is 0 Å². The summed E-state index contributed by atoms with van der Waals surface area (Å²) in [6, 6.07) is 17.2. The highest BCUT2D eigenvalue weighted by Crippen LogP contribution is 2.34. The average molecular weight is 366 g/mol. The minimum atomic E-state index is -0.899. The van der Waals surface area contributed by atoms with Crippen LogP contribution in [-0.2, 0) is 9.59 Å². The molecule has 3 rings (SSSR count). The van der Waals surface area contributed by atoms with Gasteiger partial charge in [-0.2, -0.15) is 5.10 Å². The van der Waals surface area contributed by atoms with Crippen LogP contribution in [0.2, 0.25) is 0 Å². The number of benzene rings is 2. The number of ether oxygens (including phenoxy) is 1. The Morgan fingerprint density at radius 2 is 1.81 bits per heavy atom. The minimum Gasteiger partial charge on any atom is -0.497 e. The van der Waals surface area contributed by atoms with Crippen molar-refractivity contribution < 1.29 is 19.4 Å². The molecule has 0 spiro atoms. The maximum Gasteiger partial charge on any atom is 0.303 e. The van der Waals surface area contributed by atoms with E-state index in [1.807, 2.05) is 54.6 Å². The van der Waals surface area contributed by atoms with Gasteiger partial charge in [0.05, 0.1) is 18.9 Å². The number of methoxy groups -OCH3 is 1. The summed E-state index contributed by atoms with van der Waals surface area (Å²) in [7, 11) is 1.61. The SMILES string of the molecule is COc1ccc([C@H]2CC(c3ccccc3)=NN2C(=O)CCCC(=O)O)cc1. The lowest BCUT2D eigenvalue weighted by Gasteiger charge is -2.22. The van der Waals surface area contributed by atoms with Gasteiger partial charge in [0.2, 0.25) is 5.91 Å². The zero-order valence-corrected chi connectivity index (χ0v) is 15.2. The normalized spacial score (nSPS) is 16.1. The lowest BCUT2D eigenvalue weighted by atomic mass is 9.98. The quantitative estimate of drug-likeness (QED) is 0.811. The Labute approximate surface area is 158 Å². The zero-order chi connectivity index (χ0) is 19.2. The number of hydrogen-bond acceptors (Lipinski definition) is 4. The molecule has 1 atom stereocenters. The van der Waals surface area contributed by atoms with E-state index in [1.165, 1.54) is 5.01 Å². The summed E-state index contributed by atoms with van der Waals surface area (Å²) in [6.07, 6.45) is 1.05. The molecular weight excluding hydrogens is 344 g/mol. The third-order valence-corrected chi connectivity index (χ3v) is 4.55. The maximum absolute atomic E-state index is 12.7. The van der Waals surface area contributed by atoms with Crippen LogP contribution in [-0.4, -0.2) is 34.8 Å². The van der Waals surface area contributed by atoms with E-state index in [1.54, 1.807) is 7.11 Å². The molecule has 0 fully saturated rings. The molecule has 0 radical (unpaired) electrons. The van der Waals surface area contributed by atoms with E-state index >= 15 is 0 Å². The second-order valence-corrected chi connectivity index (χ2v) is 6.39. The van der Waals surface area contributed by atoms with Crippen LogP contribution in [0.25, 0.3) is 0 Å². The van der Waals surface area contributed by atoms with Crippen molar-refractivity contribution in [2.45, 2.75) is 31.7 Å². The molecule has 0 unspecified atom stereocenters. The van der Waals surface area contributed by atoms with Gasteiger partial charge >= 0.3 is 5.97 Å². The third-order valence-electron chi connectivity index (χ3n) is 4.55. The molecule has 0 saturated heterocycles. The van der Waals surface area contributed by atoms with Crippen LogP contribution in [0.15, 0.2) is 59.7 Å². The van der Waals surface area contributed by atoms with Crippen LogP contribution in [0.3, 0.4) is 0 Å². The lowest BCUT2D eigenvalue weighted by Crippen LogP contribution is -2.27. The largest absolute Gasteiger partial charge is 0.497 e. The van der Waals surface area contributed by atoms with Gasteiger partial charge in [-0.05, 0) is 29.7 Å². The number of carboxylic acids is 1. The Kier molecular flexibility index (Phi) is 5.86. The molecule has 0 aromatic heterocycles. The summed E-state index contributed by atoms with van der Waals surface area (Å²) >= 11 is 0. The van der Waals surface area contributed by atoms with Crippen LogP contribution < -0.4 is 4.74 Å². The van der Waals surface area contributed by atoms with E-state index in [0.29, 0.717) is 12.8 Å². The van der Waals surface area contributed by atoms with E-state index in [2.05, 4.69) is 5.10 Å². The number of aliphatic carboxylic acids is 1. The van der Waals surface area contributed by atoms with Gasteiger partial charge in [0.25, 0.3) is 0 Å². The number of rotatable bonds is 7. The number of carbonyl (C=O) groups excluding carboxylic acids is 1. The summed E-state index contributed by atoms with van der Waals surface area (Å²) in [4.78, 5) is 23.4. The van der Waals surface area contributed by atoms with Gasteiger partial charge in [-0.3, -0.25) is 9.59 Å². The van der Waals surface area contributed by atoms with Crippen molar-refractivity contribution in [1.29, 1.82) is 0 Å². The Morgan fingerprint density at radius 3 is 2.44 bits per heavy atom. The second-order valence-electron chi connectivity index (χ2n) is 6.39. The smallest absolute Gasteiger partial charge is 0.303 e. The Bertz CT molecular complexity index is 831. The highest BCUT2D eigenvalue weighted by Gasteiger charge is 2.32. The summed E-state index contributed by atoms with van der Waals surface area (Å²) in [6.45, 7) is 0. The summed E-state index contributed by atoms with van der Waals surface area (Å²) in [5, 5.41) is 14.9. The van der Waals surface area contributed by atoms with Gasteiger partial charge in [0.1, 0.15) is 5.75 Å². The topological polar surface area (TPSA) is 79.2 Å². The van der Waals surface area contributed by atoms with Crippen molar-refractivity contribution in [1.82, 2.24) is 5.01 Å².